The quantitative estimate of drug-likeness (QED) is 0.779. The van der Waals surface area contributed by atoms with Crippen LogP contribution in [0.15, 0.2) is 59.4 Å². The molecule has 1 aromatic heterocycles. The molecule has 0 spiro atoms. The van der Waals surface area contributed by atoms with Gasteiger partial charge in [0.15, 0.2) is 5.69 Å². The summed E-state index contributed by atoms with van der Waals surface area (Å²) < 4.78 is 1.49. The Morgan fingerprint density at radius 3 is 2.44 bits per heavy atom. The lowest BCUT2D eigenvalue weighted by Gasteiger charge is -2.12. The van der Waals surface area contributed by atoms with Gasteiger partial charge in [0.1, 0.15) is 0 Å². The number of benzene rings is 2. The second kappa shape index (κ2) is 6.91. The number of nitrogens with one attached hydrogen (secondary N) is 1. The third-order valence-electron chi connectivity index (χ3n) is 3.71. The van der Waals surface area contributed by atoms with Gasteiger partial charge in [-0.15, -0.1) is 0 Å². The number of hydrogen-bond donors (Lipinski definition) is 1. The van der Waals surface area contributed by atoms with Gasteiger partial charge in [-0.2, -0.15) is 5.10 Å². The Hall–Kier alpha value is -2.92. The van der Waals surface area contributed by atoms with E-state index in [-0.39, 0.29) is 5.69 Å². The van der Waals surface area contributed by atoms with Crippen LogP contribution < -0.4 is 10.7 Å². The topological polar surface area (TPSA) is 64.0 Å². The largest absolute Gasteiger partial charge is 0.320 e. The predicted molar refractivity (Wildman–Crippen MR) is 98.7 cm³/mol. The van der Waals surface area contributed by atoms with E-state index >= 15 is 0 Å². The molecule has 5 nitrogen and oxygen atoms in total. The minimum absolute atomic E-state index is 0.189. The Bertz CT molecular complexity index is 994. The van der Waals surface area contributed by atoms with Crippen molar-refractivity contribution in [3.05, 3.63) is 86.8 Å². The molecule has 25 heavy (non-hydrogen) atoms. The lowest BCUT2D eigenvalue weighted by molar-refractivity contribution is 0.101. The van der Waals surface area contributed by atoms with Crippen molar-refractivity contribution in [1.29, 1.82) is 0 Å². The molecule has 0 saturated carbocycles. The maximum absolute atomic E-state index is 12.5. The van der Waals surface area contributed by atoms with Gasteiger partial charge in [0.05, 0.1) is 10.7 Å². The summed E-state index contributed by atoms with van der Waals surface area (Å²) in [5.41, 5.74) is 2.24. The molecule has 3 aromatic rings. The first kappa shape index (κ1) is 16.9. The molecule has 1 heterocycles. The van der Waals surface area contributed by atoms with Crippen LogP contribution in [0.3, 0.4) is 0 Å². The van der Waals surface area contributed by atoms with E-state index in [4.69, 9.17) is 11.6 Å². The number of carbonyl (C=O) groups excluding carboxylic acids is 1. The van der Waals surface area contributed by atoms with Gasteiger partial charge >= 0.3 is 0 Å². The molecule has 0 fully saturated rings. The number of rotatable bonds is 3. The molecule has 3 rings (SSSR count). The smallest absolute Gasteiger partial charge is 0.280 e. The van der Waals surface area contributed by atoms with Gasteiger partial charge in [-0.25, -0.2) is 4.68 Å². The Morgan fingerprint density at radius 2 is 1.76 bits per heavy atom. The van der Waals surface area contributed by atoms with E-state index in [0.717, 1.165) is 5.56 Å². The van der Waals surface area contributed by atoms with E-state index in [1.54, 1.807) is 37.3 Å². The zero-order valence-corrected chi connectivity index (χ0v) is 14.5. The fraction of sp³-hybridized carbons (Fsp3) is 0.105. The fourth-order valence-corrected chi connectivity index (χ4v) is 2.62. The fourth-order valence-electron chi connectivity index (χ4n) is 2.40. The van der Waals surface area contributed by atoms with Crippen LogP contribution in [0.5, 0.6) is 0 Å². The highest BCUT2D eigenvalue weighted by atomic mass is 35.5. The molecular formula is C19H16ClN3O2. The summed E-state index contributed by atoms with van der Waals surface area (Å²) in [5, 5.41) is 7.39. The number of amides is 1. The summed E-state index contributed by atoms with van der Waals surface area (Å²) in [7, 11) is 0. The van der Waals surface area contributed by atoms with Crippen molar-refractivity contribution in [2.75, 3.05) is 5.32 Å². The van der Waals surface area contributed by atoms with Crippen LogP contribution in [0, 0.1) is 13.8 Å². The standard InChI is InChI=1S/C19H16ClN3O2/c1-12-7-9-14(10-8-12)21-19(25)18-17(24)11-13(2)23(22-18)16-6-4-3-5-15(16)20/h3-11H,1-2H3,(H,21,25). The van der Waals surface area contributed by atoms with Gasteiger partial charge in [-0.05, 0) is 38.1 Å². The van der Waals surface area contributed by atoms with Crippen molar-refractivity contribution in [3.63, 3.8) is 0 Å². The highest BCUT2D eigenvalue weighted by molar-refractivity contribution is 6.32. The number of nitrogens with zero attached hydrogens (tertiary/aromatic N) is 2. The number of hydrogen-bond acceptors (Lipinski definition) is 3. The number of carbonyl (C=O) groups is 1. The van der Waals surface area contributed by atoms with Crippen LogP contribution in [0.4, 0.5) is 5.69 Å². The van der Waals surface area contributed by atoms with Crippen LogP contribution in [0.2, 0.25) is 5.02 Å². The number of aryl methyl sites for hydroxylation is 2. The van der Waals surface area contributed by atoms with Crippen LogP contribution in [0.1, 0.15) is 21.7 Å². The van der Waals surface area contributed by atoms with Gasteiger partial charge in [-0.1, -0.05) is 41.4 Å². The van der Waals surface area contributed by atoms with E-state index in [9.17, 15) is 9.59 Å². The van der Waals surface area contributed by atoms with Gasteiger partial charge in [0.25, 0.3) is 5.91 Å². The molecule has 0 saturated heterocycles. The lowest BCUT2D eigenvalue weighted by Crippen LogP contribution is -2.27. The molecule has 0 aliphatic heterocycles. The van der Waals surface area contributed by atoms with E-state index < -0.39 is 11.3 Å². The highest BCUT2D eigenvalue weighted by Gasteiger charge is 2.16. The monoisotopic (exact) mass is 353 g/mol. The molecule has 2 aromatic carbocycles. The van der Waals surface area contributed by atoms with Crippen LogP contribution in [-0.2, 0) is 0 Å². The third kappa shape index (κ3) is 3.61. The van der Waals surface area contributed by atoms with E-state index in [2.05, 4.69) is 10.4 Å². The first-order valence-corrected chi connectivity index (χ1v) is 8.07. The van der Waals surface area contributed by atoms with Crippen molar-refractivity contribution in [2.45, 2.75) is 13.8 Å². The Morgan fingerprint density at radius 1 is 1.08 bits per heavy atom. The van der Waals surface area contributed by atoms with Gasteiger partial charge in [0, 0.05) is 17.4 Å². The highest BCUT2D eigenvalue weighted by Crippen LogP contribution is 2.20. The zero-order valence-electron chi connectivity index (χ0n) is 13.8. The van der Waals surface area contributed by atoms with Crippen molar-refractivity contribution in [2.24, 2.45) is 0 Å². The molecule has 0 unspecified atom stereocenters. The molecule has 0 atom stereocenters. The molecular weight excluding hydrogens is 338 g/mol. The van der Waals surface area contributed by atoms with E-state index in [0.29, 0.717) is 22.1 Å². The number of aromatic nitrogens is 2. The predicted octanol–water partition coefficient (Wildman–Crippen LogP) is 3.76. The maximum Gasteiger partial charge on any atom is 0.280 e. The zero-order chi connectivity index (χ0) is 18.0. The Balaban J connectivity index is 2.00. The summed E-state index contributed by atoms with van der Waals surface area (Å²) in [5.74, 6) is -0.561. The summed E-state index contributed by atoms with van der Waals surface area (Å²) in [6, 6.07) is 15.8. The summed E-state index contributed by atoms with van der Waals surface area (Å²) in [6.45, 7) is 3.69. The molecule has 0 aliphatic carbocycles. The number of halogens is 1. The second-order valence-corrected chi connectivity index (χ2v) is 6.09. The van der Waals surface area contributed by atoms with Gasteiger partial charge < -0.3 is 5.32 Å². The molecule has 0 radical (unpaired) electrons. The normalized spacial score (nSPS) is 10.5. The average molecular weight is 354 g/mol. The van der Waals surface area contributed by atoms with Crippen LogP contribution in [-0.4, -0.2) is 15.7 Å². The number of para-hydroxylation sites is 1. The van der Waals surface area contributed by atoms with Crippen molar-refractivity contribution in [1.82, 2.24) is 9.78 Å². The average Bonchev–Trinajstić information content (AvgIpc) is 2.58. The van der Waals surface area contributed by atoms with Crippen molar-refractivity contribution < 1.29 is 4.79 Å². The summed E-state index contributed by atoms with van der Waals surface area (Å²) in [6.07, 6.45) is 0. The van der Waals surface area contributed by atoms with Crippen molar-refractivity contribution >= 4 is 23.2 Å². The minimum Gasteiger partial charge on any atom is -0.320 e. The Labute approximate surface area is 149 Å². The molecule has 126 valence electrons. The molecule has 1 amide bonds. The first-order valence-electron chi connectivity index (χ1n) is 7.69. The van der Waals surface area contributed by atoms with Crippen LogP contribution >= 0.6 is 11.6 Å². The number of anilines is 1. The molecule has 6 heteroatoms. The molecule has 0 bridgehead atoms. The minimum atomic E-state index is -0.561. The van der Waals surface area contributed by atoms with E-state index in [1.807, 2.05) is 25.1 Å². The van der Waals surface area contributed by atoms with Crippen molar-refractivity contribution in [3.8, 4) is 5.69 Å². The molecule has 1 N–H and O–H groups in total. The third-order valence-corrected chi connectivity index (χ3v) is 4.03. The summed E-state index contributed by atoms with van der Waals surface area (Å²) in [4.78, 5) is 24.7. The first-order chi connectivity index (χ1) is 12.0. The van der Waals surface area contributed by atoms with Gasteiger partial charge in [-0.3, -0.25) is 9.59 Å². The second-order valence-electron chi connectivity index (χ2n) is 5.68. The van der Waals surface area contributed by atoms with Crippen LogP contribution in [0.25, 0.3) is 5.69 Å². The van der Waals surface area contributed by atoms with E-state index in [1.165, 1.54) is 10.7 Å². The summed E-state index contributed by atoms with van der Waals surface area (Å²) >= 11 is 6.21. The lowest BCUT2D eigenvalue weighted by atomic mass is 10.2. The van der Waals surface area contributed by atoms with Gasteiger partial charge in [0.2, 0.25) is 5.43 Å². The maximum atomic E-state index is 12.5. The molecule has 0 aliphatic rings. The Kier molecular flexibility index (Phi) is 4.67. The SMILES string of the molecule is Cc1ccc(NC(=O)c2nn(-c3ccccc3Cl)c(C)cc2=O)cc1.